The minimum absolute atomic E-state index is 0.237. The minimum atomic E-state index is -0.237. The average molecular weight is 257 g/mol. The molecule has 1 aromatic heterocycles. The summed E-state index contributed by atoms with van der Waals surface area (Å²) in [7, 11) is 1.68. The molecule has 1 atom stereocenters. The average Bonchev–Trinajstić information content (AvgIpc) is 2.40. The van der Waals surface area contributed by atoms with Crippen molar-refractivity contribution in [1.29, 1.82) is 0 Å². The molecule has 0 amide bonds. The zero-order valence-corrected chi connectivity index (χ0v) is 11.6. The van der Waals surface area contributed by atoms with E-state index >= 15 is 0 Å². The van der Waals surface area contributed by atoms with Gasteiger partial charge in [0.2, 0.25) is 0 Å². The van der Waals surface area contributed by atoms with Crippen molar-refractivity contribution in [2.24, 2.45) is 0 Å². The van der Waals surface area contributed by atoms with Crippen LogP contribution >= 0.6 is 0 Å². The molecule has 1 unspecified atom stereocenters. The van der Waals surface area contributed by atoms with Gasteiger partial charge in [-0.25, -0.2) is 9.97 Å². The van der Waals surface area contributed by atoms with Crippen molar-refractivity contribution in [3.63, 3.8) is 0 Å². The maximum atomic E-state index is 5.56. The number of methoxy groups -OCH3 is 1. The normalized spacial score (nSPS) is 12.2. The van der Waals surface area contributed by atoms with Gasteiger partial charge in [0.25, 0.3) is 0 Å². The van der Waals surface area contributed by atoms with E-state index in [1.807, 2.05) is 50.2 Å². The number of ether oxygens (including phenoxy) is 1. The third-order valence-electron chi connectivity index (χ3n) is 2.80. The predicted octanol–water partition coefficient (Wildman–Crippen LogP) is 2.95. The molecule has 4 heteroatoms. The fourth-order valence-electron chi connectivity index (χ4n) is 2.00. The second kappa shape index (κ2) is 6.29. The second-order valence-corrected chi connectivity index (χ2v) is 4.31. The molecule has 0 saturated heterocycles. The molecule has 1 heterocycles. The highest BCUT2D eigenvalue weighted by Gasteiger charge is 2.17. The number of rotatable bonds is 5. The van der Waals surface area contributed by atoms with Crippen LogP contribution in [0.3, 0.4) is 0 Å². The largest absolute Gasteiger partial charge is 0.370 e. The number of aryl methyl sites for hydroxylation is 1. The summed E-state index contributed by atoms with van der Waals surface area (Å²) in [6, 6.07) is 11.9. The lowest BCUT2D eigenvalue weighted by Crippen LogP contribution is -2.11. The summed E-state index contributed by atoms with van der Waals surface area (Å²) in [6.07, 6.45) is -0.237. The van der Waals surface area contributed by atoms with Crippen LogP contribution in [0.15, 0.2) is 36.4 Å². The van der Waals surface area contributed by atoms with Crippen LogP contribution < -0.4 is 5.32 Å². The number of hydrogen-bond acceptors (Lipinski definition) is 4. The number of anilines is 1. The molecule has 100 valence electrons. The molecule has 0 saturated carbocycles. The fourth-order valence-corrected chi connectivity index (χ4v) is 2.00. The summed E-state index contributed by atoms with van der Waals surface area (Å²) in [6.45, 7) is 4.84. The third-order valence-corrected chi connectivity index (χ3v) is 2.80. The van der Waals surface area contributed by atoms with E-state index in [2.05, 4.69) is 15.3 Å². The second-order valence-electron chi connectivity index (χ2n) is 4.31. The van der Waals surface area contributed by atoms with Gasteiger partial charge in [0.1, 0.15) is 11.9 Å². The molecular formula is C15H19N3O. The first-order valence-corrected chi connectivity index (χ1v) is 6.41. The molecule has 0 radical (unpaired) electrons. The highest BCUT2D eigenvalue weighted by Crippen LogP contribution is 2.23. The van der Waals surface area contributed by atoms with Crippen LogP contribution in [-0.4, -0.2) is 23.6 Å². The van der Waals surface area contributed by atoms with Crippen LogP contribution in [0.2, 0.25) is 0 Å². The van der Waals surface area contributed by atoms with E-state index in [-0.39, 0.29) is 6.10 Å². The molecule has 0 spiro atoms. The first-order valence-electron chi connectivity index (χ1n) is 6.41. The highest BCUT2D eigenvalue weighted by molar-refractivity contribution is 5.37. The van der Waals surface area contributed by atoms with Crippen molar-refractivity contribution >= 4 is 5.82 Å². The molecule has 0 aliphatic carbocycles. The van der Waals surface area contributed by atoms with Gasteiger partial charge in [0.15, 0.2) is 5.82 Å². The Kier molecular flexibility index (Phi) is 4.47. The Morgan fingerprint density at radius 1 is 1.21 bits per heavy atom. The monoisotopic (exact) mass is 257 g/mol. The zero-order valence-electron chi connectivity index (χ0n) is 11.6. The Morgan fingerprint density at radius 2 is 1.95 bits per heavy atom. The lowest BCUT2D eigenvalue weighted by atomic mass is 10.1. The number of aromatic nitrogens is 2. The van der Waals surface area contributed by atoms with Crippen molar-refractivity contribution in [3.05, 3.63) is 53.5 Å². The smallest absolute Gasteiger partial charge is 0.164 e. The number of nitrogens with one attached hydrogen (secondary N) is 1. The molecule has 1 N–H and O–H groups in total. The van der Waals surface area contributed by atoms with Crippen molar-refractivity contribution in [2.45, 2.75) is 20.0 Å². The van der Waals surface area contributed by atoms with E-state index in [9.17, 15) is 0 Å². The van der Waals surface area contributed by atoms with Gasteiger partial charge in [-0.15, -0.1) is 0 Å². The predicted molar refractivity (Wildman–Crippen MR) is 76.2 cm³/mol. The molecular weight excluding hydrogens is 238 g/mol. The topological polar surface area (TPSA) is 47.0 Å². The number of hydrogen-bond donors (Lipinski definition) is 1. The van der Waals surface area contributed by atoms with Crippen LogP contribution in [0.5, 0.6) is 0 Å². The first kappa shape index (κ1) is 13.5. The van der Waals surface area contributed by atoms with Gasteiger partial charge < -0.3 is 10.1 Å². The molecule has 0 bridgehead atoms. The Labute approximate surface area is 113 Å². The molecule has 19 heavy (non-hydrogen) atoms. The van der Waals surface area contributed by atoms with Crippen molar-refractivity contribution < 1.29 is 4.74 Å². The van der Waals surface area contributed by atoms with Gasteiger partial charge in [-0.1, -0.05) is 30.3 Å². The Bertz CT molecular complexity index is 528. The molecule has 4 nitrogen and oxygen atoms in total. The third kappa shape index (κ3) is 3.29. The standard InChI is InChI=1S/C15H19N3O/c1-4-16-13-10-11(2)17-15(18-13)14(19-3)12-8-6-5-7-9-12/h5-10,14H,4H2,1-3H3,(H,16,17,18). The van der Waals surface area contributed by atoms with Gasteiger partial charge in [-0.3, -0.25) is 0 Å². The maximum absolute atomic E-state index is 5.56. The van der Waals surface area contributed by atoms with Crippen molar-refractivity contribution in [3.8, 4) is 0 Å². The van der Waals surface area contributed by atoms with Gasteiger partial charge >= 0.3 is 0 Å². The van der Waals surface area contributed by atoms with Crippen molar-refractivity contribution in [2.75, 3.05) is 19.0 Å². The van der Waals surface area contributed by atoms with Gasteiger partial charge in [-0.2, -0.15) is 0 Å². The molecule has 0 aliphatic heterocycles. The number of nitrogens with zero attached hydrogens (tertiary/aromatic N) is 2. The van der Waals surface area contributed by atoms with E-state index < -0.39 is 0 Å². The molecule has 2 rings (SSSR count). The van der Waals surface area contributed by atoms with E-state index in [0.717, 1.165) is 23.6 Å². The van der Waals surface area contributed by atoms with Crippen LogP contribution in [0.4, 0.5) is 5.82 Å². The lowest BCUT2D eigenvalue weighted by Gasteiger charge is -2.16. The van der Waals surface area contributed by atoms with E-state index in [0.29, 0.717) is 5.82 Å². The quantitative estimate of drug-likeness (QED) is 0.894. The number of benzene rings is 1. The Hall–Kier alpha value is -1.94. The summed E-state index contributed by atoms with van der Waals surface area (Å²) in [5, 5.41) is 3.21. The van der Waals surface area contributed by atoms with E-state index in [1.165, 1.54) is 0 Å². The minimum Gasteiger partial charge on any atom is -0.370 e. The van der Waals surface area contributed by atoms with E-state index in [4.69, 9.17) is 4.74 Å². The van der Waals surface area contributed by atoms with Crippen LogP contribution in [-0.2, 0) is 4.74 Å². The SMILES string of the molecule is CCNc1cc(C)nc(C(OC)c2ccccc2)n1. The van der Waals surface area contributed by atoms with Crippen molar-refractivity contribution in [1.82, 2.24) is 9.97 Å². The Morgan fingerprint density at radius 3 is 2.58 bits per heavy atom. The van der Waals surface area contributed by atoms with Crippen LogP contribution in [0, 0.1) is 6.92 Å². The highest BCUT2D eigenvalue weighted by atomic mass is 16.5. The van der Waals surface area contributed by atoms with Crippen LogP contribution in [0.25, 0.3) is 0 Å². The molecule has 2 aromatic rings. The van der Waals surface area contributed by atoms with Crippen LogP contribution in [0.1, 0.15) is 30.1 Å². The zero-order chi connectivity index (χ0) is 13.7. The summed E-state index contributed by atoms with van der Waals surface area (Å²) in [4.78, 5) is 9.01. The van der Waals surface area contributed by atoms with Gasteiger partial charge in [0.05, 0.1) is 0 Å². The molecule has 1 aromatic carbocycles. The Balaban J connectivity index is 2.38. The first-order chi connectivity index (χ1) is 9.24. The lowest BCUT2D eigenvalue weighted by molar-refractivity contribution is 0.129. The summed E-state index contributed by atoms with van der Waals surface area (Å²) < 4.78 is 5.56. The molecule has 0 aliphatic rings. The maximum Gasteiger partial charge on any atom is 0.164 e. The van der Waals surface area contributed by atoms with Gasteiger partial charge in [-0.05, 0) is 19.4 Å². The summed E-state index contributed by atoms with van der Waals surface area (Å²) in [5.74, 6) is 1.52. The summed E-state index contributed by atoms with van der Waals surface area (Å²) >= 11 is 0. The van der Waals surface area contributed by atoms with E-state index in [1.54, 1.807) is 7.11 Å². The fraction of sp³-hybridized carbons (Fsp3) is 0.333. The summed E-state index contributed by atoms with van der Waals surface area (Å²) in [5.41, 5.74) is 1.98. The molecule has 0 fully saturated rings. The van der Waals surface area contributed by atoms with Gasteiger partial charge in [0, 0.05) is 25.4 Å².